The average Bonchev–Trinajstić information content (AvgIpc) is 2.47. The van der Waals surface area contributed by atoms with Crippen LogP contribution in [0.4, 0.5) is 5.69 Å². The summed E-state index contributed by atoms with van der Waals surface area (Å²) in [5.74, 6) is 0. The molecule has 1 fully saturated rings. The van der Waals surface area contributed by atoms with Gasteiger partial charge in [-0.2, -0.15) is 0 Å². The SMILES string of the molecule is CN(C)CC(C)(O)CNCc1ccc(N2CCCCC2)cc1. The van der Waals surface area contributed by atoms with Crippen molar-refractivity contribution in [2.45, 2.75) is 38.3 Å². The molecule has 1 unspecified atom stereocenters. The molecule has 1 aliphatic rings. The maximum absolute atomic E-state index is 10.3. The lowest BCUT2D eigenvalue weighted by Crippen LogP contribution is -2.45. The first-order valence-electron chi connectivity index (χ1n) is 8.38. The number of anilines is 1. The van der Waals surface area contributed by atoms with E-state index in [1.807, 2.05) is 25.9 Å². The molecule has 4 heteroatoms. The largest absolute Gasteiger partial charge is 0.388 e. The second-order valence-electron chi connectivity index (χ2n) is 7.05. The van der Waals surface area contributed by atoms with Crippen molar-refractivity contribution in [3.8, 4) is 0 Å². The molecule has 22 heavy (non-hydrogen) atoms. The van der Waals surface area contributed by atoms with Crippen LogP contribution in [0.1, 0.15) is 31.7 Å². The van der Waals surface area contributed by atoms with Gasteiger partial charge >= 0.3 is 0 Å². The lowest BCUT2D eigenvalue weighted by Gasteiger charge is -2.29. The molecule has 1 aromatic carbocycles. The molecule has 2 N–H and O–H groups in total. The summed E-state index contributed by atoms with van der Waals surface area (Å²) in [5, 5.41) is 13.6. The highest BCUT2D eigenvalue weighted by molar-refractivity contribution is 5.47. The third-order valence-electron chi connectivity index (χ3n) is 4.15. The highest BCUT2D eigenvalue weighted by atomic mass is 16.3. The Morgan fingerprint density at radius 2 is 1.77 bits per heavy atom. The Hall–Kier alpha value is -1.10. The van der Waals surface area contributed by atoms with E-state index in [1.165, 1.54) is 43.6 Å². The minimum Gasteiger partial charge on any atom is -0.388 e. The molecule has 0 saturated carbocycles. The van der Waals surface area contributed by atoms with Crippen molar-refractivity contribution in [1.29, 1.82) is 0 Å². The van der Waals surface area contributed by atoms with Crippen LogP contribution in [0.15, 0.2) is 24.3 Å². The second-order valence-corrected chi connectivity index (χ2v) is 7.05. The topological polar surface area (TPSA) is 38.7 Å². The van der Waals surface area contributed by atoms with Crippen molar-refractivity contribution in [2.24, 2.45) is 0 Å². The van der Waals surface area contributed by atoms with E-state index in [-0.39, 0.29) is 0 Å². The highest BCUT2D eigenvalue weighted by Crippen LogP contribution is 2.20. The van der Waals surface area contributed by atoms with Crippen LogP contribution in [-0.2, 0) is 6.54 Å². The van der Waals surface area contributed by atoms with Crippen LogP contribution in [0.5, 0.6) is 0 Å². The number of rotatable bonds is 7. The van der Waals surface area contributed by atoms with Crippen LogP contribution in [0.2, 0.25) is 0 Å². The van der Waals surface area contributed by atoms with Gasteiger partial charge in [0, 0.05) is 38.4 Å². The number of likely N-dealkylation sites (N-methyl/N-ethyl adjacent to an activating group) is 1. The van der Waals surface area contributed by atoms with Gasteiger partial charge in [0.15, 0.2) is 0 Å². The van der Waals surface area contributed by atoms with E-state index >= 15 is 0 Å². The maximum Gasteiger partial charge on any atom is 0.0869 e. The maximum atomic E-state index is 10.3. The van der Waals surface area contributed by atoms with E-state index in [4.69, 9.17) is 0 Å². The first-order valence-corrected chi connectivity index (χ1v) is 8.38. The molecule has 4 nitrogen and oxygen atoms in total. The van der Waals surface area contributed by atoms with E-state index in [0.29, 0.717) is 13.1 Å². The van der Waals surface area contributed by atoms with Crippen molar-refractivity contribution >= 4 is 5.69 Å². The Morgan fingerprint density at radius 3 is 2.36 bits per heavy atom. The van der Waals surface area contributed by atoms with E-state index in [9.17, 15) is 5.11 Å². The predicted octanol–water partition coefficient (Wildman–Crippen LogP) is 2.08. The molecule has 1 atom stereocenters. The molecule has 1 heterocycles. The van der Waals surface area contributed by atoms with E-state index < -0.39 is 5.60 Å². The van der Waals surface area contributed by atoms with Gasteiger partial charge in [0.2, 0.25) is 0 Å². The summed E-state index contributed by atoms with van der Waals surface area (Å²) >= 11 is 0. The first kappa shape index (κ1) is 17.3. The van der Waals surface area contributed by atoms with Crippen molar-refractivity contribution in [3.63, 3.8) is 0 Å². The van der Waals surface area contributed by atoms with Gasteiger partial charge in [-0.25, -0.2) is 0 Å². The van der Waals surface area contributed by atoms with Gasteiger partial charge < -0.3 is 20.2 Å². The Labute approximate surface area is 135 Å². The molecule has 0 amide bonds. The normalized spacial score (nSPS) is 18.5. The fourth-order valence-electron chi connectivity index (χ4n) is 3.19. The summed E-state index contributed by atoms with van der Waals surface area (Å²) in [5.41, 5.74) is 1.90. The number of piperidine rings is 1. The highest BCUT2D eigenvalue weighted by Gasteiger charge is 2.20. The zero-order valence-corrected chi connectivity index (χ0v) is 14.3. The number of hydrogen-bond acceptors (Lipinski definition) is 4. The summed E-state index contributed by atoms with van der Waals surface area (Å²) < 4.78 is 0. The molecule has 1 saturated heterocycles. The molecule has 0 spiro atoms. The smallest absolute Gasteiger partial charge is 0.0869 e. The zero-order chi connectivity index (χ0) is 16.0. The average molecular weight is 305 g/mol. The molecule has 0 aromatic heterocycles. The molecule has 0 bridgehead atoms. The zero-order valence-electron chi connectivity index (χ0n) is 14.3. The van der Waals surface area contributed by atoms with E-state index in [1.54, 1.807) is 0 Å². The number of aliphatic hydroxyl groups is 1. The first-order chi connectivity index (χ1) is 10.5. The predicted molar refractivity (Wildman–Crippen MR) is 93.4 cm³/mol. The van der Waals surface area contributed by atoms with Crippen molar-refractivity contribution in [3.05, 3.63) is 29.8 Å². The van der Waals surface area contributed by atoms with Gasteiger partial charge in [0.1, 0.15) is 0 Å². The van der Waals surface area contributed by atoms with Crippen LogP contribution in [0.25, 0.3) is 0 Å². The molecule has 124 valence electrons. The molecule has 1 aromatic rings. The number of hydrogen-bond donors (Lipinski definition) is 2. The molecule has 2 rings (SSSR count). The van der Waals surface area contributed by atoms with Crippen LogP contribution >= 0.6 is 0 Å². The molecule has 1 aliphatic heterocycles. The van der Waals surface area contributed by atoms with Gasteiger partial charge in [-0.3, -0.25) is 0 Å². The fraction of sp³-hybridized carbons (Fsp3) is 0.667. The van der Waals surface area contributed by atoms with Crippen LogP contribution in [-0.4, -0.2) is 55.9 Å². The van der Waals surface area contributed by atoms with E-state index in [0.717, 1.165) is 6.54 Å². The minimum atomic E-state index is -0.697. The lowest BCUT2D eigenvalue weighted by molar-refractivity contribution is 0.0336. The number of benzene rings is 1. The Balaban J connectivity index is 1.79. The number of nitrogens with one attached hydrogen (secondary N) is 1. The van der Waals surface area contributed by atoms with Crippen LogP contribution in [0.3, 0.4) is 0 Å². The van der Waals surface area contributed by atoms with Gasteiger partial charge in [0.05, 0.1) is 5.60 Å². The third-order valence-corrected chi connectivity index (χ3v) is 4.15. The Bertz CT molecular complexity index is 436. The molecule has 0 radical (unpaired) electrons. The monoisotopic (exact) mass is 305 g/mol. The van der Waals surface area contributed by atoms with Gasteiger partial charge in [0.25, 0.3) is 0 Å². The molecule has 0 aliphatic carbocycles. The summed E-state index contributed by atoms with van der Waals surface area (Å²) in [6, 6.07) is 8.83. The quantitative estimate of drug-likeness (QED) is 0.809. The Morgan fingerprint density at radius 1 is 1.14 bits per heavy atom. The fourth-order valence-corrected chi connectivity index (χ4v) is 3.19. The summed E-state index contributed by atoms with van der Waals surface area (Å²) in [6.07, 6.45) is 3.99. The third kappa shape index (κ3) is 5.59. The van der Waals surface area contributed by atoms with Gasteiger partial charge in [-0.05, 0) is 58.0 Å². The van der Waals surface area contributed by atoms with Crippen LogP contribution < -0.4 is 10.2 Å². The Kier molecular flexibility index (Phi) is 6.24. The van der Waals surface area contributed by atoms with Crippen molar-refractivity contribution in [1.82, 2.24) is 10.2 Å². The van der Waals surface area contributed by atoms with Gasteiger partial charge in [-0.1, -0.05) is 12.1 Å². The van der Waals surface area contributed by atoms with Crippen LogP contribution in [0, 0.1) is 0 Å². The minimum absolute atomic E-state index is 0.596. The molecular formula is C18H31N3O. The number of nitrogens with zero attached hydrogens (tertiary/aromatic N) is 2. The van der Waals surface area contributed by atoms with Gasteiger partial charge in [-0.15, -0.1) is 0 Å². The summed E-state index contributed by atoms with van der Waals surface area (Å²) in [6.45, 7) is 6.30. The van der Waals surface area contributed by atoms with Crippen molar-refractivity contribution < 1.29 is 5.11 Å². The summed E-state index contributed by atoms with van der Waals surface area (Å²) in [7, 11) is 3.96. The van der Waals surface area contributed by atoms with Crippen molar-refractivity contribution in [2.75, 3.05) is 45.2 Å². The standard InChI is InChI=1S/C18H31N3O/c1-18(22,15-20(2)3)14-19-13-16-7-9-17(10-8-16)21-11-5-4-6-12-21/h7-10,19,22H,4-6,11-15H2,1-3H3. The second kappa shape index (κ2) is 7.95. The van der Waals surface area contributed by atoms with E-state index in [2.05, 4.69) is 34.5 Å². The summed E-state index contributed by atoms with van der Waals surface area (Å²) in [4.78, 5) is 4.48. The lowest BCUT2D eigenvalue weighted by atomic mass is 10.1. The molecular weight excluding hydrogens is 274 g/mol.